The summed E-state index contributed by atoms with van der Waals surface area (Å²) in [6.07, 6.45) is 0. The Morgan fingerprint density at radius 2 is 2.00 bits per heavy atom. The Morgan fingerprint density at radius 1 is 1.35 bits per heavy atom. The van der Waals surface area contributed by atoms with Crippen molar-refractivity contribution in [2.24, 2.45) is 17.3 Å². The van der Waals surface area contributed by atoms with Crippen LogP contribution in [0.25, 0.3) is 5.76 Å². The van der Waals surface area contributed by atoms with Gasteiger partial charge < -0.3 is 10.0 Å². The summed E-state index contributed by atoms with van der Waals surface area (Å²) in [6, 6.07) is 7.33. The number of rotatable bonds is 1. The van der Waals surface area contributed by atoms with Crippen LogP contribution in [0.15, 0.2) is 23.8 Å². The number of anilines is 1. The quantitative estimate of drug-likeness (QED) is 0.311. The number of benzene rings is 1. The zero-order chi connectivity index (χ0) is 16.8. The van der Waals surface area contributed by atoms with Gasteiger partial charge in [0.05, 0.1) is 25.8 Å². The van der Waals surface area contributed by atoms with Crippen molar-refractivity contribution in [2.45, 2.75) is 5.79 Å². The molecule has 2 heterocycles. The van der Waals surface area contributed by atoms with Crippen molar-refractivity contribution in [1.29, 1.82) is 5.26 Å². The molecular formula is C15H21N7O+. The summed E-state index contributed by atoms with van der Waals surface area (Å²) in [4.78, 5) is 2.19. The number of fused-ring (bicyclic) bond motifs is 1. The highest BCUT2D eigenvalue weighted by Crippen LogP contribution is 2.36. The van der Waals surface area contributed by atoms with Crippen molar-refractivity contribution in [2.75, 3.05) is 38.1 Å². The van der Waals surface area contributed by atoms with Gasteiger partial charge in [-0.3, -0.25) is 11.5 Å². The summed E-state index contributed by atoms with van der Waals surface area (Å²) in [5.74, 6) is 4.20. The van der Waals surface area contributed by atoms with E-state index < -0.39 is 5.79 Å². The molecule has 1 aromatic rings. The summed E-state index contributed by atoms with van der Waals surface area (Å²) < 4.78 is 0.503. The summed E-state index contributed by atoms with van der Waals surface area (Å²) in [5.41, 5.74) is 13.4. The van der Waals surface area contributed by atoms with Gasteiger partial charge in [-0.2, -0.15) is 11.1 Å². The van der Waals surface area contributed by atoms with Crippen molar-refractivity contribution in [3.8, 4) is 6.07 Å². The Bertz CT molecular complexity index is 707. The van der Waals surface area contributed by atoms with Gasteiger partial charge >= 0.3 is 0 Å². The topological polar surface area (TPSA) is 139 Å². The van der Waals surface area contributed by atoms with E-state index in [4.69, 9.17) is 17.3 Å². The number of nitrogens with two attached hydrogens (primary N) is 3. The van der Waals surface area contributed by atoms with Crippen LogP contribution < -0.4 is 27.5 Å². The van der Waals surface area contributed by atoms with Gasteiger partial charge in [-0.1, -0.05) is 0 Å². The number of aliphatic hydroxyl groups is 1. The predicted octanol–water partition coefficient (Wildman–Crippen LogP) is -0.560. The Hall–Kier alpha value is -2.31. The molecule has 23 heavy (non-hydrogen) atoms. The molecular weight excluding hydrogens is 294 g/mol. The molecule has 1 saturated heterocycles. The van der Waals surface area contributed by atoms with E-state index in [0.717, 1.165) is 31.9 Å². The first-order valence-electron chi connectivity index (χ1n) is 7.40. The molecule has 8 nitrogen and oxygen atoms in total. The first kappa shape index (κ1) is 15.6. The number of likely N-dealkylation sites (N-methyl/N-ethyl adjacent to an activating group) is 1. The summed E-state index contributed by atoms with van der Waals surface area (Å²) >= 11 is 0. The third-order valence-electron chi connectivity index (χ3n) is 4.42. The van der Waals surface area contributed by atoms with E-state index in [0.29, 0.717) is 15.8 Å². The molecule has 0 spiro atoms. The molecule has 3 rings (SSSR count). The highest BCUT2D eigenvalue weighted by Gasteiger charge is 2.37. The van der Waals surface area contributed by atoms with Gasteiger partial charge in [-0.25, -0.2) is 9.91 Å². The van der Waals surface area contributed by atoms with Crippen LogP contribution >= 0.6 is 0 Å². The fourth-order valence-electron chi connectivity index (χ4n) is 2.91. The van der Waals surface area contributed by atoms with Crippen LogP contribution in [0.4, 0.5) is 11.4 Å². The maximum atomic E-state index is 10.4. The zero-order valence-corrected chi connectivity index (χ0v) is 13.0. The second kappa shape index (κ2) is 5.11. The number of nitriles is 1. The van der Waals surface area contributed by atoms with E-state index in [1.165, 1.54) is 0 Å². The van der Waals surface area contributed by atoms with Crippen molar-refractivity contribution < 1.29 is 9.70 Å². The second-order valence-corrected chi connectivity index (χ2v) is 6.39. The largest absolute Gasteiger partial charge is 0.506 e. The third kappa shape index (κ3) is 2.71. The second-order valence-electron chi connectivity index (χ2n) is 6.39. The highest BCUT2D eigenvalue weighted by atomic mass is 16.3. The molecule has 0 atom stereocenters. The molecule has 1 radical (unpaired) electrons. The normalized spacial score (nSPS) is 22.1. The number of hydrogen-bond donors (Lipinski definition) is 4. The van der Waals surface area contributed by atoms with Crippen molar-refractivity contribution >= 4 is 17.1 Å². The molecule has 1 aromatic carbocycles. The lowest BCUT2D eigenvalue weighted by molar-refractivity contribution is -0.921. The standard InChI is InChI=1S/C15H20N7O/c1-22(19)6-4-21(5-7-22)10-2-3-13-11(8-10)14(23)12(9-16)15(17,18)20-13/h2-3,8H,4-7,17-19H2,1H3/p+1. The fourth-order valence-corrected chi connectivity index (χ4v) is 2.91. The van der Waals surface area contributed by atoms with Gasteiger partial charge in [0.25, 0.3) is 0 Å². The molecule has 0 amide bonds. The lowest BCUT2D eigenvalue weighted by atomic mass is 9.96. The first-order chi connectivity index (χ1) is 10.7. The molecule has 0 unspecified atom stereocenters. The Morgan fingerprint density at radius 3 is 2.61 bits per heavy atom. The molecule has 0 saturated carbocycles. The Labute approximate surface area is 134 Å². The predicted molar refractivity (Wildman–Crippen MR) is 86.8 cm³/mol. The van der Waals surface area contributed by atoms with Gasteiger partial charge in [0.1, 0.15) is 30.5 Å². The summed E-state index contributed by atoms with van der Waals surface area (Å²) in [7, 11) is 2.00. The minimum absolute atomic E-state index is 0.132. The minimum atomic E-state index is -1.70. The number of nitrogens with zero attached hydrogens (tertiary/aromatic N) is 4. The van der Waals surface area contributed by atoms with Gasteiger partial charge in [0, 0.05) is 11.3 Å². The summed E-state index contributed by atoms with van der Waals surface area (Å²) in [6.45, 7) is 3.30. The van der Waals surface area contributed by atoms with Crippen LogP contribution in [0.3, 0.4) is 0 Å². The summed E-state index contributed by atoms with van der Waals surface area (Å²) in [5, 5.41) is 23.7. The van der Waals surface area contributed by atoms with Crippen molar-refractivity contribution in [3.63, 3.8) is 0 Å². The van der Waals surface area contributed by atoms with E-state index in [1.807, 2.05) is 25.2 Å². The molecule has 1 fully saturated rings. The molecule has 0 bridgehead atoms. The first-order valence-corrected chi connectivity index (χ1v) is 7.40. The van der Waals surface area contributed by atoms with Crippen LogP contribution in [-0.4, -0.2) is 48.7 Å². The average Bonchev–Trinajstić information content (AvgIpc) is 2.47. The Balaban J connectivity index is 1.95. The minimum Gasteiger partial charge on any atom is -0.506 e. The van der Waals surface area contributed by atoms with Crippen LogP contribution in [0, 0.1) is 11.3 Å². The molecule has 0 aromatic heterocycles. The molecule has 121 valence electrons. The van der Waals surface area contributed by atoms with E-state index in [9.17, 15) is 10.4 Å². The van der Waals surface area contributed by atoms with E-state index >= 15 is 0 Å². The maximum Gasteiger partial charge on any atom is 0.200 e. The van der Waals surface area contributed by atoms with E-state index in [1.54, 1.807) is 6.07 Å². The van der Waals surface area contributed by atoms with Crippen LogP contribution in [0.1, 0.15) is 5.56 Å². The van der Waals surface area contributed by atoms with Crippen LogP contribution in [0.2, 0.25) is 0 Å². The molecule has 8 heteroatoms. The molecule has 2 aliphatic rings. The number of hydrogen-bond acceptors (Lipinski definition) is 6. The Kier molecular flexibility index (Phi) is 3.46. The van der Waals surface area contributed by atoms with E-state index in [-0.39, 0.29) is 11.3 Å². The van der Waals surface area contributed by atoms with Crippen LogP contribution in [-0.2, 0) is 0 Å². The molecule has 7 N–H and O–H groups in total. The molecule has 2 aliphatic heterocycles. The van der Waals surface area contributed by atoms with Crippen molar-refractivity contribution in [3.05, 3.63) is 29.3 Å². The van der Waals surface area contributed by atoms with Gasteiger partial charge in [-0.15, -0.1) is 0 Å². The SMILES string of the molecule is C[N+]1(N)CCN(c2ccc3c(c2)C(O)=C(C#N)C(N)(N)[N]3)CC1. The third-order valence-corrected chi connectivity index (χ3v) is 4.42. The average molecular weight is 315 g/mol. The lowest BCUT2D eigenvalue weighted by Gasteiger charge is -2.39. The van der Waals surface area contributed by atoms with Crippen LogP contribution in [0.5, 0.6) is 0 Å². The number of aliphatic hydroxyl groups excluding tert-OH is 1. The smallest absolute Gasteiger partial charge is 0.200 e. The monoisotopic (exact) mass is 315 g/mol. The van der Waals surface area contributed by atoms with Gasteiger partial charge in [0.2, 0.25) is 5.79 Å². The highest BCUT2D eigenvalue weighted by molar-refractivity contribution is 5.80. The maximum absolute atomic E-state index is 10.4. The van der Waals surface area contributed by atoms with Gasteiger partial charge in [0.15, 0.2) is 0 Å². The van der Waals surface area contributed by atoms with Gasteiger partial charge in [-0.05, 0) is 18.2 Å². The van der Waals surface area contributed by atoms with E-state index in [2.05, 4.69) is 10.2 Å². The molecule has 0 aliphatic carbocycles. The van der Waals surface area contributed by atoms with Crippen molar-refractivity contribution in [1.82, 2.24) is 5.32 Å². The zero-order valence-electron chi connectivity index (χ0n) is 13.0. The fraction of sp³-hybridized carbons (Fsp3) is 0.400. The number of piperazine rings is 1. The number of quaternary nitrogens is 1. The lowest BCUT2D eigenvalue weighted by Crippen LogP contribution is -2.61.